The molecule has 2 fully saturated rings. The van der Waals surface area contributed by atoms with Gasteiger partial charge in [0.15, 0.2) is 6.10 Å². The van der Waals surface area contributed by atoms with E-state index in [4.69, 9.17) is 14.6 Å². The Bertz CT molecular complexity index is 608. The molecule has 3 atom stereocenters. The van der Waals surface area contributed by atoms with Crippen LogP contribution in [-0.4, -0.2) is 53.8 Å². The molecule has 0 saturated carbocycles. The monoisotopic (exact) mass is 323 g/mol. The number of hydrogen-bond acceptors (Lipinski definition) is 4. The van der Waals surface area contributed by atoms with Gasteiger partial charge in [-0.15, -0.1) is 0 Å². The summed E-state index contributed by atoms with van der Waals surface area (Å²) in [4.78, 5) is 25.0. The van der Waals surface area contributed by atoms with Gasteiger partial charge in [-0.25, -0.2) is 9.18 Å². The lowest BCUT2D eigenvalue weighted by molar-refractivity contribution is -0.158. The number of halogens is 1. The molecule has 1 unspecified atom stereocenters. The van der Waals surface area contributed by atoms with Gasteiger partial charge in [0.25, 0.3) is 5.91 Å². The second kappa shape index (κ2) is 6.64. The lowest BCUT2D eigenvalue weighted by Crippen LogP contribution is -2.47. The maximum Gasteiger partial charge on any atom is 0.332 e. The average molecular weight is 323 g/mol. The van der Waals surface area contributed by atoms with E-state index in [1.807, 2.05) is 0 Å². The van der Waals surface area contributed by atoms with Gasteiger partial charge in [0.05, 0.1) is 13.2 Å². The summed E-state index contributed by atoms with van der Waals surface area (Å²) in [7, 11) is 0. The highest BCUT2D eigenvalue weighted by molar-refractivity contribution is 5.82. The van der Waals surface area contributed by atoms with Gasteiger partial charge in [0.1, 0.15) is 18.0 Å². The first-order chi connectivity index (χ1) is 11.1. The molecule has 0 spiro atoms. The third kappa shape index (κ3) is 3.35. The number of carbonyl (C=O) groups is 2. The van der Waals surface area contributed by atoms with E-state index < -0.39 is 24.3 Å². The quantitative estimate of drug-likeness (QED) is 0.909. The molecule has 0 radical (unpaired) electrons. The second-order valence-corrected chi connectivity index (χ2v) is 5.69. The summed E-state index contributed by atoms with van der Waals surface area (Å²) < 4.78 is 24.7. The van der Waals surface area contributed by atoms with E-state index in [-0.39, 0.29) is 18.3 Å². The number of hydrogen-bond donors (Lipinski definition) is 1. The number of carboxylic acid groups (broad SMARTS) is 1. The van der Waals surface area contributed by atoms with Crippen LogP contribution in [0.2, 0.25) is 0 Å². The number of ether oxygens (including phenoxy) is 2. The normalized spacial score (nSPS) is 27.9. The molecule has 7 heteroatoms. The van der Waals surface area contributed by atoms with Crippen molar-refractivity contribution in [2.45, 2.75) is 31.2 Å². The number of rotatable bonds is 3. The summed E-state index contributed by atoms with van der Waals surface area (Å²) in [6.07, 6.45) is -1.47. The summed E-state index contributed by atoms with van der Waals surface area (Å²) >= 11 is 0. The predicted octanol–water partition coefficient (Wildman–Crippen LogP) is 1.36. The van der Waals surface area contributed by atoms with Crippen LogP contribution in [0.15, 0.2) is 24.3 Å². The molecule has 2 heterocycles. The van der Waals surface area contributed by atoms with Crippen molar-refractivity contribution in [3.8, 4) is 0 Å². The number of morpholine rings is 1. The maximum atomic E-state index is 13.9. The highest BCUT2D eigenvalue weighted by Gasteiger charge is 2.38. The van der Waals surface area contributed by atoms with Gasteiger partial charge < -0.3 is 19.5 Å². The van der Waals surface area contributed by atoms with E-state index in [1.54, 1.807) is 23.1 Å². The van der Waals surface area contributed by atoms with Crippen LogP contribution in [0.5, 0.6) is 0 Å². The Kier molecular flexibility index (Phi) is 4.58. The Balaban J connectivity index is 1.66. The van der Waals surface area contributed by atoms with Crippen LogP contribution in [0.25, 0.3) is 0 Å². The number of benzene rings is 1. The molecule has 1 aromatic rings. The Morgan fingerprint density at radius 1 is 1.22 bits per heavy atom. The van der Waals surface area contributed by atoms with Crippen LogP contribution in [0.4, 0.5) is 4.39 Å². The zero-order chi connectivity index (χ0) is 16.4. The van der Waals surface area contributed by atoms with E-state index in [0.717, 1.165) is 0 Å². The number of nitrogens with zero attached hydrogens (tertiary/aromatic N) is 1. The molecule has 6 nitrogen and oxygen atoms in total. The fraction of sp³-hybridized carbons (Fsp3) is 0.500. The zero-order valence-corrected chi connectivity index (χ0v) is 12.5. The van der Waals surface area contributed by atoms with Gasteiger partial charge in [0.2, 0.25) is 0 Å². The summed E-state index contributed by atoms with van der Waals surface area (Å²) in [5, 5.41) is 8.93. The van der Waals surface area contributed by atoms with Gasteiger partial charge in [0, 0.05) is 12.1 Å². The number of carbonyl (C=O) groups excluding carboxylic acids is 1. The van der Waals surface area contributed by atoms with Gasteiger partial charge in [-0.1, -0.05) is 18.2 Å². The fourth-order valence-electron chi connectivity index (χ4n) is 2.98. The second-order valence-electron chi connectivity index (χ2n) is 5.69. The summed E-state index contributed by atoms with van der Waals surface area (Å²) in [6, 6.07) is 6.32. The van der Waals surface area contributed by atoms with Gasteiger partial charge in [-0.05, 0) is 18.9 Å². The van der Waals surface area contributed by atoms with E-state index in [2.05, 4.69) is 0 Å². The largest absolute Gasteiger partial charge is 0.479 e. The standard InChI is InChI=1S/C16H18FNO5/c17-11-4-2-1-3-10(11)14-9-18(7-8-22-14)15(19)12-5-6-13(23-12)16(20)21/h1-4,12-14H,5-9H2,(H,20,21)/t12-,13+,14?/m0/s1. The Morgan fingerprint density at radius 3 is 2.65 bits per heavy atom. The number of amides is 1. The minimum atomic E-state index is -1.05. The lowest BCUT2D eigenvalue weighted by Gasteiger charge is -2.34. The molecule has 1 aromatic carbocycles. The minimum Gasteiger partial charge on any atom is -0.479 e. The molecule has 23 heavy (non-hydrogen) atoms. The van der Waals surface area contributed by atoms with Crippen molar-refractivity contribution in [1.29, 1.82) is 0 Å². The van der Waals surface area contributed by atoms with Crippen LogP contribution in [0.1, 0.15) is 24.5 Å². The zero-order valence-electron chi connectivity index (χ0n) is 12.5. The van der Waals surface area contributed by atoms with Crippen molar-refractivity contribution in [2.24, 2.45) is 0 Å². The van der Waals surface area contributed by atoms with Gasteiger partial charge in [-0.3, -0.25) is 4.79 Å². The maximum absolute atomic E-state index is 13.9. The van der Waals surface area contributed by atoms with Crippen molar-refractivity contribution in [3.63, 3.8) is 0 Å². The van der Waals surface area contributed by atoms with Crippen LogP contribution in [0, 0.1) is 5.82 Å². The highest BCUT2D eigenvalue weighted by Crippen LogP contribution is 2.27. The van der Waals surface area contributed by atoms with E-state index in [9.17, 15) is 14.0 Å². The molecule has 1 amide bonds. The molecule has 2 saturated heterocycles. The molecule has 3 rings (SSSR count). The Morgan fingerprint density at radius 2 is 1.96 bits per heavy atom. The minimum absolute atomic E-state index is 0.233. The smallest absolute Gasteiger partial charge is 0.332 e. The first kappa shape index (κ1) is 15.9. The van der Waals surface area contributed by atoms with Crippen molar-refractivity contribution >= 4 is 11.9 Å². The van der Waals surface area contributed by atoms with E-state index in [0.29, 0.717) is 31.6 Å². The third-order valence-corrected chi connectivity index (χ3v) is 4.20. The van der Waals surface area contributed by atoms with Crippen molar-refractivity contribution < 1.29 is 28.6 Å². The SMILES string of the molecule is O=C(O)[C@H]1CC[C@@H](C(=O)N2CCOC(c3ccccc3F)C2)O1. The first-order valence-corrected chi connectivity index (χ1v) is 7.59. The topological polar surface area (TPSA) is 76.1 Å². The van der Waals surface area contributed by atoms with Crippen molar-refractivity contribution in [2.75, 3.05) is 19.7 Å². The molecule has 0 aromatic heterocycles. The number of aliphatic carboxylic acids is 1. The molecular formula is C16H18FNO5. The van der Waals surface area contributed by atoms with Crippen LogP contribution >= 0.6 is 0 Å². The van der Waals surface area contributed by atoms with Crippen LogP contribution in [-0.2, 0) is 19.1 Å². The summed E-state index contributed by atoms with van der Waals surface area (Å²) in [5.74, 6) is -1.67. The molecule has 124 valence electrons. The first-order valence-electron chi connectivity index (χ1n) is 7.59. The van der Waals surface area contributed by atoms with Gasteiger partial charge >= 0.3 is 5.97 Å². The molecular weight excluding hydrogens is 305 g/mol. The predicted molar refractivity (Wildman–Crippen MR) is 77.2 cm³/mol. The Labute approximate surface area is 132 Å². The van der Waals surface area contributed by atoms with Gasteiger partial charge in [-0.2, -0.15) is 0 Å². The fourth-order valence-corrected chi connectivity index (χ4v) is 2.98. The molecule has 0 bridgehead atoms. The third-order valence-electron chi connectivity index (χ3n) is 4.20. The van der Waals surface area contributed by atoms with Crippen molar-refractivity contribution in [1.82, 2.24) is 4.90 Å². The average Bonchev–Trinajstić information content (AvgIpc) is 3.05. The molecule has 2 aliphatic rings. The lowest BCUT2D eigenvalue weighted by atomic mass is 10.1. The summed E-state index contributed by atoms with van der Waals surface area (Å²) in [5.41, 5.74) is 0.417. The highest BCUT2D eigenvalue weighted by atomic mass is 19.1. The molecule has 1 N–H and O–H groups in total. The van der Waals surface area contributed by atoms with E-state index >= 15 is 0 Å². The van der Waals surface area contributed by atoms with E-state index in [1.165, 1.54) is 6.07 Å². The molecule has 0 aliphatic carbocycles. The Hall–Kier alpha value is -1.99. The van der Waals surface area contributed by atoms with Crippen LogP contribution < -0.4 is 0 Å². The van der Waals surface area contributed by atoms with Crippen LogP contribution in [0.3, 0.4) is 0 Å². The number of carboxylic acids is 1. The van der Waals surface area contributed by atoms with Crippen molar-refractivity contribution in [3.05, 3.63) is 35.6 Å². The summed E-state index contributed by atoms with van der Waals surface area (Å²) in [6.45, 7) is 0.929. The molecule has 2 aliphatic heterocycles.